The maximum atomic E-state index is 11.0. The van der Waals surface area contributed by atoms with Gasteiger partial charge in [-0.05, 0) is 19.9 Å². The Labute approximate surface area is 125 Å². The first-order valence-electron chi connectivity index (χ1n) is 5.86. The zero-order valence-electron chi connectivity index (χ0n) is 11.3. The molecular formula is C12H12ClN5O3. The second-order valence-electron chi connectivity index (χ2n) is 4.14. The summed E-state index contributed by atoms with van der Waals surface area (Å²) in [5.74, 6) is 6.20. The van der Waals surface area contributed by atoms with E-state index in [9.17, 15) is 10.1 Å². The van der Waals surface area contributed by atoms with E-state index in [1.807, 2.05) is 0 Å². The van der Waals surface area contributed by atoms with Crippen LogP contribution in [0.15, 0.2) is 18.2 Å². The molecule has 0 radical (unpaired) electrons. The number of nitrogen functional groups attached to an aromatic ring is 1. The second-order valence-corrected chi connectivity index (χ2v) is 4.55. The molecule has 2 rings (SSSR count). The number of ether oxygens (including phenoxy) is 1. The fourth-order valence-corrected chi connectivity index (χ4v) is 1.89. The zero-order chi connectivity index (χ0) is 15.6. The fourth-order valence-electron chi connectivity index (χ4n) is 1.68. The number of nitro benzene ring substituents is 1. The number of nitrogens with two attached hydrogens (primary N) is 1. The summed E-state index contributed by atoms with van der Waals surface area (Å²) in [4.78, 5) is 18.7. The molecule has 0 amide bonds. The van der Waals surface area contributed by atoms with Gasteiger partial charge in [-0.3, -0.25) is 10.1 Å². The summed E-state index contributed by atoms with van der Waals surface area (Å²) in [7, 11) is 0. The molecule has 0 aliphatic carbocycles. The Kier molecular flexibility index (Phi) is 4.20. The van der Waals surface area contributed by atoms with Gasteiger partial charge in [0.1, 0.15) is 11.6 Å². The molecule has 3 N–H and O–H groups in total. The van der Waals surface area contributed by atoms with Crippen molar-refractivity contribution in [3.8, 4) is 11.6 Å². The molecule has 0 saturated heterocycles. The Morgan fingerprint density at radius 2 is 2.10 bits per heavy atom. The molecule has 1 heterocycles. The first-order valence-corrected chi connectivity index (χ1v) is 6.24. The van der Waals surface area contributed by atoms with Gasteiger partial charge >= 0.3 is 5.69 Å². The first-order chi connectivity index (χ1) is 9.93. The van der Waals surface area contributed by atoms with Crippen molar-refractivity contribution in [3.05, 3.63) is 44.7 Å². The molecule has 0 atom stereocenters. The summed E-state index contributed by atoms with van der Waals surface area (Å²) in [6.07, 6.45) is 0. The van der Waals surface area contributed by atoms with Gasteiger partial charge in [0.2, 0.25) is 11.6 Å². The summed E-state index contributed by atoms with van der Waals surface area (Å²) < 4.78 is 5.54. The predicted octanol–water partition coefficient (Wildman–Crippen LogP) is 2.73. The van der Waals surface area contributed by atoms with E-state index in [4.69, 9.17) is 22.2 Å². The van der Waals surface area contributed by atoms with Crippen molar-refractivity contribution in [1.29, 1.82) is 0 Å². The van der Waals surface area contributed by atoms with Gasteiger partial charge in [0.25, 0.3) is 0 Å². The lowest BCUT2D eigenvalue weighted by atomic mass is 10.3. The van der Waals surface area contributed by atoms with E-state index in [0.29, 0.717) is 17.2 Å². The Balaban J connectivity index is 2.53. The van der Waals surface area contributed by atoms with Crippen LogP contribution in [0.2, 0.25) is 5.02 Å². The summed E-state index contributed by atoms with van der Waals surface area (Å²) in [5, 5.41) is 11.2. The zero-order valence-corrected chi connectivity index (χ0v) is 12.0. The minimum atomic E-state index is -0.577. The second kappa shape index (κ2) is 5.90. The van der Waals surface area contributed by atoms with Crippen LogP contribution in [-0.2, 0) is 0 Å². The van der Waals surface area contributed by atoms with E-state index < -0.39 is 4.92 Å². The molecule has 0 saturated carbocycles. The van der Waals surface area contributed by atoms with Gasteiger partial charge in [0.05, 0.1) is 15.5 Å². The smallest absolute Gasteiger partial charge is 0.313 e. The highest BCUT2D eigenvalue weighted by molar-refractivity contribution is 6.32. The predicted molar refractivity (Wildman–Crippen MR) is 77.5 cm³/mol. The lowest BCUT2D eigenvalue weighted by molar-refractivity contribution is -0.385. The largest absolute Gasteiger partial charge is 0.430 e. The third kappa shape index (κ3) is 3.01. The highest BCUT2D eigenvalue weighted by Gasteiger charge is 2.21. The lowest BCUT2D eigenvalue weighted by Gasteiger charge is -2.12. The molecule has 0 spiro atoms. The normalized spacial score (nSPS) is 10.3. The van der Waals surface area contributed by atoms with Gasteiger partial charge in [-0.25, -0.2) is 10.8 Å². The standard InChI is InChI=1S/C12H12ClN5O3/c1-6-11(17-14)15-7(2)16-12(6)21-10-8(13)4-3-5-9(10)18(19)20/h3-5H,14H2,1-2H3,(H,15,16,17). The number of nitrogens with zero attached hydrogens (tertiary/aromatic N) is 3. The molecule has 0 bridgehead atoms. The number of aryl methyl sites for hydroxylation is 1. The lowest BCUT2D eigenvalue weighted by Crippen LogP contribution is -2.12. The van der Waals surface area contributed by atoms with E-state index in [1.165, 1.54) is 18.2 Å². The number of hydrazine groups is 1. The van der Waals surface area contributed by atoms with Crippen LogP contribution >= 0.6 is 11.6 Å². The Hall–Kier alpha value is -2.45. The molecule has 0 aliphatic heterocycles. The number of hydrogen-bond acceptors (Lipinski definition) is 7. The van der Waals surface area contributed by atoms with Crippen LogP contribution in [0.25, 0.3) is 0 Å². The van der Waals surface area contributed by atoms with Crippen LogP contribution in [0.4, 0.5) is 11.5 Å². The summed E-state index contributed by atoms with van der Waals surface area (Å²) in [6.45, 7) is 3.32. The maximum absolute atomic E-state index is 11.0. The Morgan fingerprint density at radius 3 is 2.71 bits per heavy atom. The summed E-state index contributed by atoms with van der Waals surface area (Å²) in [6, 6.07) is 4.26. The SMILES string of the molecule is Cc1nc(NN)c(C)c(Oc2c(Cl)cccc2[N+](=O)[O-])n1. The molecule has 21 heavy (non-hydrogen) atoms. The molecule has 2 aromatic rings. The number of nitrogens with one attached hydrogen (secondary N) is 1. The number of halogens is 1. The highest BCUT2D eigenvalue weighted by atomic mass is 35.5. The summed E-state index contributed by atoms with van der Waals surface area (Å²) >= 11 is 5.98. The van der Waals surface area contributed by atoms with Gasteiger partial charge in [0, 0.05) is 6.07 Å². The van der Waals surface area contributed by atoms with Crippen LogP contribution in [0.5, 0.6) is 11.6 Å². The van der Waals surface area contributed by atoms with Crippen molar-refractivity contribution in [3.63, 3.8) is 0 Å². The van der Waals surface area contributed by atoms with Gasteiger partial charge in [-0.1, -0.05) is 17.7 Å². The van der Waals surface area contributed by atoms with E-state index in [1.54, 1.807) is 13.8 Å². The molecule has 1 aromatic heterocycles. The van der Waals surface area contributed by atoms with Gasteiger partial charge < -0.3 is 10.2 Å². The molecule has 0 aliphatic rings. The molecule has 1 aromatic carbocycles. The molecule has 8 nitrogen and oxygen atoms in total. The fraction of sp³-hybridized carbons (Fsp3) is 0.167. The molecule has 110 valence electrons. The number of nitro groups is 1. The minimum absolute atomic E-state index is 0.0756. The number of para-hydroxylation sites is 1. The van der Waals surface area contributed by atoms with E-state index >= 15 is 0 Å². The van der Waals surface area contributed by atoms with E-state index in [2.05, 4.69) is 15.4 Å². The average Bonchev–Trinajstić information content (AvgIpc) is 2.44. The van der Waals surface area contributed by atoms with Crippen LogP contribution in [0.1, 0.15) is 11.4 Å². The van der Waals surface area contributed by atoms with Crippen molar-refractivity contribution in [2.24, 2.45) is 5.84 Å². The van der Waals surface area contributed by atoms with Crippen molar-refractivity contribution in [1.82, 2.24) is 9.97 Å². The monoisotopic (exact) mass is 309 g/mol. The Morgan fingerprint density at radius 1 is 1.38 bits per heavy atom. The first kappa shape index (κ1) is 14.9. The van der Waals surface area contributed by atoms with Crippen molar-refractivity contribution in [2.45, 2.75) is 13.8 Å². The molecule has 0 unspecified atom stereocenters. The van der Waals surface area contributed by atoms with Crippen LogP contribution in [0.3, 0.4) is 0 Å². The van der Waals surface area contributed by atoms with Crippen LogP contribution in [0, 0.1) is 24.0 Å². The van der Waals surface area contributed by atoms with Gasteiger partial charge in [-0.15, -0.1) is 0 Å². The van der Waals surface area contributed by atoms with Crippen molar-refractivity contribution < 1.29 is 9.66 Å². The number of hydrogen-bond donors (Lipinski definition) is 2. The van der Waals surface area contributed by atoms with E-state index in [-0.39, 0.29) is 22.3 Å². The number of rotatable bonds is 4. The number of anilines is 1. The number of benzene rings is 1. The Bertz CT molecular complexity index is 708. The molecule has 9 heteroatoms. The molecule has 0 fully saturated rings. The van der Waals surface area contributed by atoms with E-state index in [0.717, 1.165) is 0 Å². The van der Waals surface area contributed by atoms with Crippen molar-refractivity contribution in [2.75, 3.05) is 5.43 Å². The third-order valence-corrected chi connectivity index (χ3v) is 2.99. The maximum Gasteiger partial charge on any atom is 0.313 e. The van der Waals surface area contributed by atoms with Crippen LogP contribution in [-0.4, -0.2) is 14.9 Å². The van der Waals surface area contributed by atoms with Gasteiger partial charge in [-0.2, -0.15) is 4.98 Å². The average molecular weight is 310 g/mol. The topological polar surface area (TPSA) is 116 Å². The number of aromatic nitrogens is 2. The summed E-state index contributed by atoms with van der Waals surface area (Å²) in [5.41, 5.74) is 2.68. The minimum Gasteiger partial charge on any atom is -0.430 e. The van der Waals surface area contributed by atoms with Crippen LogP contribution < -0.4 is 16.0 Å². The highest BCUT2D eigenvalue weighted by Crippen LogP contribution is 2.38. The van der Waals surface area contributed by atoms with Crippen molar-refractivity contribution >= 4 is 23.1 Å². The molecular weight excluding hydrogens is 298 g/mol. The van der Waals surface area contributed by atoms with Gasteiger partial charge in [0.15, 0.2) is 0 Å². The quantitative estimate of drug-likeness (QED) is 0.506. The third-order valence-electron chi connectivity index (χ3n) is 2.69.